The summed E-state index contributed by atoms with van der Waals surface area (Å²) in [6.07, 6.45) is 4.30. The Kier molecular flexibility index (Phi) is 8.61. The molecule has 0 aromatic rings. The van der Waals surface area contributed by atoms with Crippen LogP contribution in [0.2, 0.25) is 26.2 Å². The van der Waals surface area contributed by atoms with E-state index in [4.69, 9.17) is 8.85 Å². The van der Waals surface area contributed by atoms with Crippen molar-refractivity contribution in [2.24, 2.45) is 0 Å². The molecule has 0 aromatic carbocycles. The second-order valence-corrected chi connectivity index (χ2v) is 13.0. The fourth-order valence-electron chi connectivity index (χ4n) is 2.17. The van der Waals surface area contributed by atoms with Gasteiger partial charge in [-0.1, -0.05) is 13.0 Å². The fourth-order valence-corrected chi connectivity index (χ4v) is 6.62. The van der Waals surface area contributed by atoms with Crippen LogP contribution in [0.4, 0.5) is 0 Å². The van der Waals surface area contributed by atoms with Gasteiger partial charge in [0.15, 0.2) is 0 Å². The van der Waals surface area contributed by atoms with E-state index in [0.717, 1.165) is 13.0 Å². The van der Waals surface area contributed by atoms with Crippen LogP contribution in [-0.4, -0.2) is 23.2 Å². The van der Waals surface area contributed by atoms with E-state index < -0.39 is 16.6 Å². The van der Waals surface area contributed by atoms with Gasteiger partial charge >= 0.3 is 26.2 Å². The van der Waals surface area contributed by atoms with Crippen molar-refractivity contribution in [2.45, 2.75) is 39.5 Å². The van der Waals surface area contributed by atoms with E-state index in [1.165, 1.54) is 16.2 Å². The second-order valence-electron chi connectivity index (χ2n) is 5.21. The summed E-state index contributed by atoms with van der Waals surface area (Å²) in [6, 6.07) is 0. The Hall–Kier alpha value is 1.14. The van der Waals surface area contributed by atoms with Crippen LogP contribution in [0.5, 0.6) is 0 Å². The quantitative estimate of drug-likeness (QED) is 0.368. The number of rotatable bonds is 4. The van der Waals surface area contributed by atoms with Gasteiger partial charge in [-0.05, 0) is 32.3 Å². The van der Waals surface area contributed by atoms with Gasteiger partial charge in [-0.15, -0.1) is 5.20 Å². The van der Waals surface area contributed by atoms with Crippen LogP contribution in [0.25, 0.3) is 0 Å². The number of hydrogen-bond donors (Lipinski definition) is 0. The van der Waals surface area contributed by atoms with Crippen LogP contribution in [-0.2, 0) is 35.1 Å². The molecule has 1 aliphatic heterocycles. The van der Waals surface area contributed by atoms with E-state index in [1.807, 2.05) is 0 Å². The maximum absolute atomic E-state index is 6.08. The molecule has 7 heteroatoms. The van der Waals surface area contributed by atoms with Crippen molar-refractivity contribution in [1.29, 1.82) is 0 Å². The van der Waals surface area contributed by atoms with E-state index in [-0.39, 0.29) is 51.0 Å². The van der Waals surface area contributed by atoms with Crippen LogP contribution < -0.4 is 24.8 Å². The van der Waals surface area contributed by atoms with E-state index in [9.17, 15) is 0 Å². The van der Waals surface area contributed by atoms with Crippen LogP contribution in [0.15, 0.2) is 16.2 Å². The number of hydrogen-bond acceptors (Lipinski definition) is 2. The summed E-state index contributed by atoms with van der Waals surface area (Å²) < 4.78 is 12.0. The van der Waals surface area contributed by atoms with Gasteiger partial charge in [-0.25, -0.2) is 5.20 Å². The van der Waals surface area contributed by atoms with Crippen molar-refractivity contribution < 1.29 is 59.9 Å². The zero-order valence-corrected chi connectivity index (χ0v) is 17.5. The first kappa shape index (κ1) is 21.4. The molecule has 101 valence electrons. The molecule has 1 atom stereocenters. The summed E-state index contributed by atoms with van der Waals surface area (Å²) in [6.45, 7) is 11.8. The molecule has 0 spiro atoms. The summed E-state index contributed by atoms with van der Waals surface area (Å²) in [7, 11) is -3.10. The van der Waals surface area contributed by atoms with E-state index in [2.05, 4.69) is 39.2 Å². The van der Waals surface area contributed by atoms with Crippen molar-refractivity contribution in [3.8, 4) is 0 Å². The molecular formula is C11H19Cl2O2Si2Zr. The molecule has 0 amide bonds. The zero-order chi connectivity index (χ0) is 11.3. The molecule has 1 radical (unpaired) electrons. The first-order valence-corrected chi connectivity index (χ1v) is 11.4. The van der Waals surface area contributed by atoms with Gasteiger partial charge in [0.05, 0.1) is 0 Å². The zero-order valence-electron chi connectivity index (χ0n) is 11.5. The molecule has 0 bridgehead atoms. The average Bonchev–Trinajstić information content (AvgIpc) is 2.47. The summed E-state index contributed by atoms with van der Waals surface area (Å²) >= 11 is 0. The minimum absolute atomic E-state index is 0. The summed E-state index contributed by atoms with van der Waals surface area (Å²) in [5, 5.41) is 2.78. The van der Waals surface area contributed by atoms with Crippen LogP contribution in [0.1, 0.15) is 13.3 Å². The Balaban J connectivity index is 0. The largest absolute Gasteiger partial charge is 3.00 e. The van der Waals surface area contributed by atoms with Gasteiger partial charge in [0.1, 0.15) is 8.32 Å². The van der Waals surface area contributed by atoms with Crippen LogP contribution >= 0.6 is 0 Å². The Morgan fingerprint density at radius 2 is 1.83 bits per heavy atom. The SMILES string of the molecule is CCO[Si]1(C)C2=[C-]CC(O[Si](C)(C)C)=C21.[Cl-].[Cl-].[Zr+3]. The topological polar surface area (TPSA) is 18.5 Å². The molecule has 2 rings (SSSR count). The van der Waals surface area contributed by atoms with Crippen molar-refractivity contribution in [3.63, 3.8) is 0 Å². The molecule has 18 heavy (non-hydrogen) atoms. The molecule has 1 saturated heterocycles. The van der Waals surface area contributed by atoms with Crippen molar-refractivity contribution in [2.75, 3.05) is 6.61 Å². The molecule has 1 unspecified atom stereocenters. The molecule has 0 aromatic heterocycles. The predicted molar refractivity (Wildman–Crippen MR) is 66.1 cm³/mol. The van der Waals surface area contributed by atoms with Gasteiger partial charge in [-0.2, -0.15) is 0 Å². The Morgan fingerprint density at radius 1 is 1.28 bits per heavy atom. The third kappa shape index (κ3) is 4.06. The van der Waals surface area contributed by atoms with Gasteiger partial charge in [0, 0.05) is 6.61 Å². The Labute approximate surface area is 144 Å². The van der Waals surface area contributed by atoms with Gasteiger partial charge in [0.2, 0.25) is 8.32 Å². The number of halogens is 2. The minimum atomic E-state index is -1.63. The first-order valence-electron chi connectivity index (χ1n) is 5.57. The number of fused-ring (bicyclic) bond motifs is 1. The van der Waals surface area contributed by atoms with Crippen molar-refractivity contribution in [3.05, 3.63) is 22.2 Å². The first-order chi connectivity index (χ1) is 6.88. The van der Waals surface area contributed by atoms with E-state index in [1.54, 1.807) is 0 Å². The van der Waals surface area contributed by atoms with Crippen molar-refractivity contribution in [1.82, 2.24) is 0 Å². The Morgan fingerprint density at radius 3 is 2.28 bits per heavy atom. The Bertz CT molecular complexity index is 367. The van der Waals surface area contributed by atoms with Gasteiger partial charge < -0.3 is 33.7 Å². The normalized spacial score (nSPS) is 24.2. The standard InChI is InChI=1S/C11H19O2Si2.2ClH.Zr/c1-6-12-15(5)10-8-7-9(11(10)15)13-14(2,3)4;;;/h6-7H2,1-5H3;2*1H;/q-1;;;+3/p-2. The maximum atomic E-state index is 6.08. The molecule has 2 aliphatic rings. The minimum Gasteiger partial charge on any atom is -1.00 e. The number of allylic oxidation sites excluding steroid dienone is 3. The van der Waals surface area contributed by atoms with Crippen LogP contribution in [0, 0.1) is 6.08 Å². The molecule has 0 saturated carbocycles. The monoisotopic (exact) mass is 399 g/mol. The molecular weight excluding hydrogens is 382 g/mol. The third-order valence-corrected chi connectivity index (χ3v) is 7.05. The molecule has 2 nitrogen and oxygen atoms in total. The maximum Gasteiger partial charge on any atom is 3.00 e. The second kappa shape index (κ2) is 7.23. The van der Waals surface area contributed by atoms with Gasteiger partial charge in [-0.3, -0.25) is 6.08 Å². The average molecular weight is 402 g/mol. The summed E-state index contributed by atoms with van der Waals surface area (Å²) in [4.78, 5) is 0. The third-order valence-electron chi connectivity index (χ3n) is 2.71. The van der Waals surface area contributed by atoms with E-state index >= 15 is 0 Å². The molecule has 1 fully saturated rings. The smallest absolute Gasteiger partial charge is 1.00 e. The van der Waals surface area contributed by atoms with Crippen LogP contribution in [0.3, 0.4) is 0 Å². The van der Waals surface area contributed by atoms with Gasteiger partial charge in [0.25, 0.3) is 0 Å². The van der Waals surface area contributed by atoms with E-state index in [0.29, 0.717) is 0 Å². The molecule has 1 heterocycles. The summed E-state index contributed by atoms with van der Waals surface area (Å²) in [5.41, 5.74) is 0. The molecule has 0 N–H and O–H groups in total. The fraction of sp³-hybridized carbons (Fsp3) is 0.636. The predicted octanol–water partition coefficient (Wildman–Crippen LogP) is -3.07. The summed E-state index contributed by atoms with van der Waals surface area (Å²) in [5.74, 6) is 1.17. The molecule has 1 aliphatic carbocycles. The van der Waals surface area contributed by atoms with Crippen molar-refractivity contribution >= 4 is 16.6 Å².